The first kappa shape index (κ1) is 10.9. The maximum Gasteiger partial charge on any atom is 0.185 e. The molecule has 15 heavy (non-hydrogen) atoms. The number of fused-ring (bicyclic) bond motifs is 1. The van der Waals surface area contributed by atoms with Crippen LogP contribution in [0.5, 0.6) is 0 Å². The van der Waals surface area contributed by atoms with E-state index in [1.807, 2.05) is 11.3 Å². The van der Waals surface area contributed by atoms with Gasteiger partial charge in [-0.2, -0.15) is 0 Å². The Labute approximate surface area is 95.5 Å². The molecule has 0 amide bonds. The van der Waals surface area contributed by atoms with E-state index in [1.165, 1.54) is 23.4 Å². The molecule has 84 valence electrons. The normalized spacial score (nSPS) is 20.1. The highest BCUT2D eigenvalue weighted by atomic mass is 32.1. The van der Waals surface area contributed by atoms with Gasteiger partial charge in [-0.3, -0.25) is 0 Å². The first-order valence-electron chi connectivity index (χ1n) is 5.62. The van der Waals surface area contributed by atoms with Crippen LogP contribution in [0.4, 0.5) is 5.13 Å². The minimum atomic E-state index is 0.546. The summed E-state index contributed by atoms with van der Waals surface area (Å²) < 4.78 is 0. The molecule has 0 radical (unpaired) electrons. The molecule has 0 aromatic carbocycles. The number of nitrogens with zero attached hydrogens (tertiary/aromatic N) is 2. The van der Waals surface area contributed by atoms with Crippen LogP contribution in [0.25, 0.3) is 0 Å². The minimum Gasteiger partial charge on any atom is -0.354 e. The summed E-state index contributed by atoms with van der Waals surface area (Å²) in [6.07, 6.45) is 3.68. The summed E-state index contributed by atoms with van der Waals surface area (Å²) in [5, 5.41) is 4.69. The molecule has 1 aliphatic carbocycles. The van der Waals surface area contributed by atoms with E-state index in [0.29, 0.717) is 6.04 Å². The van der Waals surface area contributed by atoms with Gasteiger partial charge in [0.05, 0.1) is 5.69 Å². The molecule has 4 heteroatoms. The number of thiazole rings is 1. The van der Waals surface area contributed by atoms with Crippen LogP contribution < -0.4 is 10.2 Å². The van der Waals surface area contributed by atoms with Crippen molar-refractivity contribution in [2.24, 2.45) is 0 Å². The van der Waals surface area contributed by atoms with Crippen molar-refractivity contribution in [3.63, 3.8) is 0 Å². The Hall–Kier alpha value is -0.610. The molecule has 1 unspecified atom stereocenters. The van der Waals surface area contributed by atoms with E-state index in [0.717, 1.165) is 18.1 Å². The van der Waals surface area contributed by atoms with Gasteiger partial charge in [-0.15, -0.1) is 11.3 Å². The molecule has 0 aliphatic heterocycles. The highest BCUT2D eigenvalue weighted by Gasteiger charge is 2.24. The Morgan fingerprint density at radius 1 is 1.53 bits per heavy atom. The second kappa shape index (κ2) is 4.49. The summed E-state index contributed by atoms with van der Waals surface area (Å²) in [5.74, 6) is 0. The maximum absolute atomic E-state index is 4.69. The molecule has 2 rings (SSSR count). The van der Waals surface area contributed by atoms with Crippen molar-refractivity contribution >= 4 is 16.5 Å². The molecule has 1 aliphatic rings. The molecule has 1 N–H and O–H groups in total. The summed E-state index contributed by atoms with van der Waals surface area (Å²) >= 11 is 1.84. The predicted molar refractivity (Wildman–Crippen MR) is 65.8 cm³/mol. The molecule has 0 saturated heterocycles. The average molecular weight is 225 g/mol. The molecule has 1 heterocycles. The lowest BCUT2D eigenvalue weighted by atomic mass is 9.98. The third-order valence-electron chi connectivity index (χ3n) is 2.77. The Balaban J connectivity index is 2.26. The van der Waals surface area contributed by atoms with Gasteiger partial charge in [0.2, 0.25) is 0 Å². The Morgan fingerprint density at radius 2 is 2.33 bits per heavy atom. The maximum atomic E-state index is 4.69. The van der Waals surface area contributed by atoms with Gasteiger partial charge in [0.25, 0.3) is 0 Å². The van der Waals surface area contributed by atoms with Crippen LogP contribution in [0.2, 0.25) is 0 Å². The van der Waals surface area contributed by atoms with E-state index >= 15 is 0 Å². The van der Waals surface area contributed by atoms with E-state index < -0.39 is 0 Å². The predicted octanol–water partition coefficient (Wildman–Crippen LogP) is 2.20. The second-order valence-electron chi connectivity index (χ2n) is 4.20. The van der Waals surface area contributed by atoms with Gasteiger partial charge in [-0.25, -0.2) is 4.98 Å². The van der Waals surface area contributed by atoms with Crippen molar-refractivity contribution in [3.05, 3.63) is 10.6 Å². The number of rotatable bonds is 3. The van der Waals surface area contributed by atoms with Crippen LogP contribution >= 0.6 is 11.3 Å². The quantitative estimate of drug-likeness (QED) is 0.854. The lowest BCUT2D eigenvalue weighted by Crippen LogP contribution is -2.23. The van der Waals surface area contributed by atoms with Gasteiger partial charge < -0.3 is 10.2 Å². The molecular weight excluding hydrogens is 206 g/mol. The van der Waals surface area contributed by atoms with Crippen molar-refractivity contribution in [1.82, 2.24) is 10.3 Å². The van der Waals surface area contributed by atoms with Gasteiger partial charge in [0.15, 0.2) is 5.13 Å². The van der Waals surface area contributed by atoms with Crippen molar-refractivity contribution in [2.45, 2.75) is 32.2 Å². The third kappa shape index (κ3) is 2.16. The zero-order chi connectivity index (χ0) is 10.8. The van der Waals surface area contributed by atoms with Gasteiger partial charge in [-0.05, 0) is 25.8 Å². The number of anilines is 1. The largest absolute Gasteiger partial charge is 0.354 e. The average Bonchev–Trinajstić information content (AvgIpc) is 2.63. The Bertz CT molecular complexity index is 333. The van der Waals surface area contributed by atoms with Crippen LogP contribution in [0.1, 0.15) is 36.4 Å². The smallest absolute Gasteiger partial charge is 0.185 e. The summed E-state index contributed by atoms with van der Waals surface area (Å²) in [5.41, 5.74) is 1.32. The van der Waals surface area contributed by atoms with Crippen molar-refractivity contribution in [2.75, 3.05) is 25.5 Å². The van der Waals surface area contributed by atoms with E-state index in [9.17, 15) is 0 Å². The van der Waals surface area contributed by atoms with Gasteiger partial charge in [0, 0.05) is 25.0 Å². The first-order chi connectivity index (χ1) is 7.22. The zero-order valence-corrected chi connectivity index (χ0v) is 10.5. The summed E-state index contributed by atoms with van der Waals surface area (Å²) in [6, 6.07) is 0.546. The molecule has 1 aromatic heterocycles. The number of nitrogens with one attached hydrogen (secondary N) is 1. The fourth-order valence-corrected chi connectivity index (χ4v) is 3.18. The monoisotopic (exact) mass is 225 g/mol. The Morgan fingerprint density at radius 3 is 3.00 bits per heavy atom. The molecule has 0 spiro atoms. The van der Waals surface area contributed by atoms with Crippen LogP contribution in [0.15, 0.2) is 0 Å². The van der Waals surface area contributed by atoms with Gasteiger partial charge >= 0.3 is 0 Å². The molecule has 3 nitrogen and oxygen atoms in total. The van der Waals surface area contributed by atoms with Crippen molar-refractivity contribution in [3.8, 4) is 0 Å². The summed E-state index contributed by atoms with van der Waals surface area (Å²) in [4.78, 5) is 8.26. The topological polar surface area (TPSA) is 28.2 Å². The summed E-state index contributed by atoms with van der Waals surface area (Å²) in [7, 11) is 4.12. The highest BCUT2D eigenvalue weighted by Crippen LogP contribution is 2.36. The van der Waals surface area contributed by atoms with Crippen LogP contribution in [-0.4, -0.2) is 25.6 Å². The van der Waals surface area contributed by atoms with Crippen molar-refractivity contribution in [1.29, 1.82) is 0 Å². The molecular formula is C11H19N3S. The van der Waals surface area contributed by atoms with E-state index in [4.69, 9.17) is 0 Å². The molecule has 1 aromatic rings. The second-order valence-corrected chi connectivity index (χ2v) is 5.21. The van der Waals surface area contributed by atoms with Gasteiger partial charge in [-0.1, -0.05) is 6.92 Å². The lowest BCUT2D eigenvalue weighted by molar-refractivity contribution is 0.476. The third-order valence-corrected chi connectivity index (χ3v) is 4.15. The molecule has 0 fully saturated rings. The van der Waals surface area contributed by atoms with E-state index in [-0.39, 0.29) is 0 Å². The number of aryl methyl sites for hydroxylation is 1. The minimum absolute atomic E-state index is 0.546. The summed E-state index contributed by atoms with van der Waals surface area (Å²) in [6.45, 7) is 3.21. The zero-order valence-electron chi connectivity index (χ0n) is 9.71. The number of hydrogen-bond donors (Lipinski definition) is 1. The molecule has 0 saturated carbocycles. The molecule has 1 atom stereocenters. The number of hydrogen-bond acceptors (Lipinski definition) is 4. The Kier molecular flexibility index (Phi) is 3.26. The van der Waals surface area contributed by atoms with Crippen molar-refractivity contribution < 1.29 is 0 Å². The van der Waals surface area contributed by atoms with Crippen LogP contribution in [-0.2, 0) is 6.42 Å². The fourth-order valence-electron chi connectivity index (χ4n) is 2.04. The lowest BCUT2D eigenvalue weighted by Gasteiger charge is -2.21. The van der Waals surface area contributed by atoms with Crippen LogP contribution in [0, 0.1) is 0 Å². The standard InChI is InChI=1S/C11H19N3S/c1-4-12-8-6-5-7-9-10(8)15-11(13-9)14(2)3/h8,12H,4-7H2,1-3H3. The van der Waals surface area contributed by atoms with Crippen LogP contribution in [0.3, 0.4) is 0 Å². The fraction of sp³-hybridized carbons (Fsp3) is 0.727. The first-order valence-corrected chi connectivity index (χ1v) is 6.44. The van der Waals surface area contributed by atoms with E-state index in [1.54, 1.807) is 0 Å². The van der Waals surface area contributed by atoms with Gasteiger partial charge in [0.1, 0.15) is 0 Å². The number of aromatic nitrogens is 1. The van der Waals surface area contributed by atoms with E-state index in [2.05, 4.69) is 36.2 Å². The highest BCUT2D eigenvalue weighted by molar-refractivity contribution is 7.15. The SMILES string of the molecule is CCNC1CCCc2nc(N(C)C)sc21. The molecule has 0 bridgehead atoms.